The van der Waals surface area contributed by atoms with Crippen molar-refractivity contribution in [3.05, 3.63) is 28.6 Å². The van der Waals surface area contributed by atoms with Gasteiger partial charge >= 0.3 is 0 Å². The molecule has 2 nitrogen and oxygen atoms in total. The van der Waals surface area contributed by atoms with E-state index < -0.39 is 29.4 Å². The molecule has 0 spiro atoms. The van der Waals surface area contributed by atoms with Crippen LogP contribution in [0.5, 0.6) is 0 Å². The van der Waals surface area contributed by atoms with Gasteiger partial charge in [0.1, 0.15) is 11.6 Å². The molecule has 0 aliphatic rings. The van der Waals surface area contributed by atoms with Crippen LogP contribution in [0, 0.1) is 40.1 Å². The van der Waals surface area contributed by atoms with Gasteiger partial charge in [-0.05, 0) is 0 Å². The Morgan fingerprint density at radius 3 is 2.13 bits per heavy atom. The van der Waals surface area contributed by atoms with Gasteiger partial charge in [-0.2, -0.15) is 10.5 Å². The van der Waals surface area contributed by atoms with Gasteiger partial charge < -0.3 is 0 Å². The third-order valence-corrected chi connectivity index (χ3v) is 2.43. The Morgan fingerprint density at radius 2 is 1.67 bits per heavy atom. The summed E-state index contributed by atoms with van der Waals surface area (Å²) in [5.74, 6) is -4.04. The van der Waals surface area contributed by atoms with E-state index in [0.717, 1.165) is 0 Å². The quantitative estimate of drug-likeness (QED) is 0.540. The number of benzene rings is 1. The Hall–Kier alpha value is -1.58. The van der Waals surface area contributed by atoms with Crippen LogP contribution in [0.4, 0.5) is 13.2 Å². The van der Waals surface area contributed by atoms with E-state index in [0.29, 0.717) is 0 Å². The molecule has 1 aromatic carbocycles. The Morgan fingerprint density at radius 1 is 1.07 bits per heavy atom. The molecule has 0 fully saturated rings. The van der Waals surface area contributed by atoms with E-state index in [1.54, 1.807) is 6.07 Å². The number of halogens is 3. The van der Waals surface area contributed by atoms with Crippen molar-refractivity contribution in [2.75, 3.05) is 0 Å². The minimum atomic E-state index is -1.55. The highest BCUT2D eigenvalue weighted by Crippen LogP contribution is 2.20. The van der Waals surface area contributed by atoms with E-state index in [9.17, 15) is 13.2 Å². The molecule has 0 aliphatic heterocycles. The fourth-order valence-electron chi connectivity index (χ4n) is 1.07. The molecule has 0 aromatic heterocycles. The summed E-state index contributed by atoms with van der Waals surface area (Å²) in [6, 6.07) is 2.82. The maximum atomic E-state index is 13.3. The van der Waals surface area contributed by atoms with E-state index >= 15 is 0 Å². The molecule has 0 heterocycles. The fourth-order valence-corrected chi connectivity index (χ4v) is 1.45. The van der Waals surface area contributed by atoms with Crippen LogP contribution in [0.2, 0.25) is 0 Å². The Balaban J connectivity index is 3.62. The summed E-state index contributed by atoms with van der Waals surface area (Å²) in [7, 11) is 1.85. The number of nitrogens with zero attached hydrogens (tertiary/aromatic N) is 2. The zero-order chi connectivity index (χ0) is 11.6. The zero-order valence-corrected chi connectivity index (χ0v) is 8.47. The van der Waals surface area contributed by atoms with E-state index in [2.05, 4.69) is 0 Å². The van der Waals surface area contributed by atoms with Crippen LogP contribution < -0.4 is 5.30 Å². The van der Waals surface area contributed by atoms with Gasteiger partial charge in [0.15, 0.2) is 17.5 Å². The second kappa shape index (κ2) is 4.29. The van der Waals surface area contributed by atoms with Crippen LogP contribution >= 0.6 is 9.24 Å². The normalized spacial score (nSPS) is 9.47. The van der Waals surface area contributed by atoms with Gasteiger partial charge in [-0.3, -0.25) is 0 Å². The molecule has 15 heavy (non-hydrogen) atoms. The third-order valence-electron chi connectivity index (χ3n) is 1.83. The summed E-state index contributed by atoms with van der Waals surface area (Å²) in [5.41, 5.74) is -1.35. The van der Waals surface area contributed by atoms with Crippen LogP contribution in [-0.2, 0) is 6.42 Å². The molecule has 0 amide bonds. The van der Waals surface area contributed by atoms with Crippen molar-refractivity contribution >= 4 is 14.5 Å². The predicted octanol–water partition coefficient (Wildman–Crippen LogP) is 1.54. The van der Waals surface area contributed by atoms with Crippen molar-refractivity contribution in [3.8, 4) is 12.1 Å². The number of rotatable bonds is 1. The lowest BCUT2D eigenvalue weighted by atomic mass is 10.1. The third kappa shape index (κ3) is 1.79. The summed E-state index contributed by atoms with van der Waals surface area (Å²) in [4.78, 5) is 0. The standard InChI is InChI=1S/C9H4F3N2P/c10-6-4(1-2-13)9(15)8(12)5(3-14)7(6)11/h1,15H2. The van der Waals surface area contributed by atoms with Crippen LogP contribution in [0.3, 0.4) is 0 Å². The van der Waals surface area contributed by atoms with E-state index in [-0.39, 0.29) is 10.9 Å². The Bertz CT molecular complexity index is 471. The zero-order valence-electron chi connectivity index (χ0n) is 7.31. The SMILES string of the molecule is N#CCc1c(F)c(F)c(C#N)c(F)c1P. The molecule has 0 bridgehead atoms. The lowest BCUT2D eigenvalue weighted by Gasteiger charge is -2.07. The average molecular weight is 228 g/mol. The smallest absolute Gasteiger partial charge is 0.179 e. The highest BCUT2D eigenvalue weighted by atomic mass is 31.0. The van der Waals surface area contributed by atoms with Crippen molar-refractivity contribution in [2.45, 2.75) is 6.42 Å². The van der Waals surface area contributed by atoms with Crippen molar-refractivity contribution < 1.29 is 13.2 Å². The molecule has 1 atom stereocenters. The monoisotopic (exact) mass is 228 g/mol. The average Bonchev–Trinajstić information content (AvgIpc) is 2.23. The Labute approximate surface area is 86.1 Å². The first-order valence-corrected chi connectivity index (χ1v) is 4.34. The fraction of sp³-hybridized carbons (Fsp3) is 0.111. The lowest BCUT2D eigenvalue weighted by molar-refractivity contribution is 0.487. The minimum absolute atomic E-state index is 0.285. The highest BCUT2D eigenvalue weighted by molar-refractivity contribution is 7.27. The van der Waals surface area contributed by atoms with Gasteiger partial charge in [0.25, 0.3) is 0 Å². The summed E-state index contributed by atoms with van der Waals surface area (Å²) in [5, 5.41) is 16.5. The first kappa shape index (κ1) is 11.5. The van der Waals surface area contributed by atoms with Gasteiger partial charge in [0.2, 0.25) is 0 Å². The molecule has 1 unspecified atom stereocenters. The topological polar surface area (TPSA) is 47.6 Å². The minimum Gasteiger partial charge on any atom is -0.205 e. The molecule has 0 saturated carbocycles. The van der Waals surface area contributed by atoms with Crippen molar-refractivity contribution in [2.24, 2.45) is 0 Å². The lowest BCUT2D eigenvalue weighted by Crippen LogP contribution is -2.15. The molecule has 76 valence electrons. The van der Waals surface area contributed by atoms with Crippen molar-refractivity contribution in [1.82, 2.24) is 0 Å². The van der Waals surface area contributed by atoms with Crippen LogP contribution in [0.15, 0.2) is 0 Å². The summed E-state index contributed by atoms with van der Waals surface area (Å²) < 4.78 is 39.6. The number of hydrogen-bond donors (Lipinski definition) is 0. The molecule has 0 radical (unpaired) electrons. The first-order valence-electron chi connectivity index (χ1n) is 3.76. The van der Waals surface area contributed by atoms with Crippen LogP contribution in [-0.4, -0.2) is 0 Å². The molecule has 0 saturated heterocycles. The van der Waals surface area contributed by atoms with Gasteiger partial charge in [-0.15, -0.1) is 9.24 Å². The van der Waals surface area contributed by atoms with E-state index in [1.807, 2.05) is 9.24 Å². The molecule has 1 rings (SSSR count). The molecular formula is C9H4F3N2P. The van der Waals surface area contributed by atoms with Gasteiger partial charge in [-0.1, -0.05) is 0 Å². The van der Waals surface area contributed by atoms with Gasteiger partial charge in [0, 0.05) is 10.9 Å². The Kier molecular flexibility index (Phi) is 3.29. The summed E-state index contributed by atoms with van der Waals surface area (Å²) in [6.07, 6.45) is -0.454. The second-order valence-corrected chi connectivity index (χ2v) is 3.23. The largest absolute Gasteiger partial charge is 0.205 e. The predicted molar refractivity (Wildman–Crippen MR) is 49.7 cm³/mol. The number of nitriles is 2. The van der Waals surface area contributed by atoms with Gasteiger partial charge in [0.05, 0.1) is 12.5 Å². The molecule has 6 heteroatoms. The summed E-state index contributed by atoms with van der Waals surface area (Å²) in [6.45, 7) is 0. The van der Waals surface area contributed by atoms with E-state index in [1.165, 1.54) is 6.07 Å². The van der Waals surface area contributed by atoms with Crippen molar-refractivity contribution in [1.29, 1.82) is 10.5 Å². The van der Waals surface area contributed by atoms with Gasteiger partial charge in [-0.25, -0.2) is 13.2 Å². The summed E-state index contributed by atoms with van der Waals surface area (Å²) >= 11 is 0. The van der Waals surface area contributed by atoms with Crippen LogP contribution in [0.25, 0.3) is 0 Å². The van der Waals surface area contributed by atoms with Crippen LogP contribution in [0.1, 0.15) is 11.1 Å². The molecule has 0 N–H and O–H groups in total. The second-order valence-electron chi connectivity index (χ2n) is 2.66. The maximum Gasteiger partial charge on any atom is 0.179 e. The molecule has 0 aliphatic carbocycles. The van der Waals surface area contributed by atoms with Crippen molar-refractivity contribution in [3.63, 3.8) is 0 Å². The molecule has 1 aromatic rings. The molecular weight excluding hydrogens is 224 g/mol. The number of hydrogen-bond acceptors (Lipinski definition) is 2. The van der Waals surface area contributed by atoms with E-state index in [4.69, 9.17) is 10.5 Å². The highest BCUT2D eigenvalue weighted by Gasteiger charge is 2.22. The first-order chi connectivity index (χ1) is 7.04. The maximum absolute atomic E-state index is 13.3.